The second-order valence-electron chi connectivity index (χ2n) is 4.31. The third-order valence-corrected chi connectivity index (χ3v) is 2.68. The molecule has 0 aliphatic rings. The number of carbonyl (C=O) groups excluding carboxylic acids is 1. The van der Waals surface area contributed by atoms with Crippen LogP contribution in [0.5, 0.6) is 0 Å². The molecule has 20 heavy (non-hydrogen) atoms. The highest BCUT2D eigenvalue weighted by Gasteiger charge is 2.04. The normalized spacial score (nSPS) is 10.1. The number of aromatic nitrogens is 3. The summed E-state index contributed by atoms with van der Waals surface area (Å²) in [7, 11) is 1.83. The van der Waals surface area contributed by atoms with E-state index in [-0.39, 0.29) is 5.91 Å². The number of hydrogen-bond acceptors (Lipinski definition) is 4. The highest BCUT2D eigenvalue weighted by atomic mass is 16.1. The molecule has 2 aromatic rings. The second kappa shape index (κ2) is 6.51. The van der Waals surface area contributed by atoms with Crippen LogP contribution in [0, 0.1) is 0 Å². The van der Waals surface area contributed by atoms with Crippen molar-refractivity contribution in [1.29, 1.82) is 0 Å². The molecule has 0 radical (unpaired) electrons. The van der Waals surface area contributed by atoms with Gasteiger partial charge in [0, 0.05) is 31.0 Å². The van der Waals surface area contributed by atoms with Crippen molar-refractivity contribution in [1.82, 2.24) is 20.3 Å². The van der Waals surface area contributed by atoms with E-state index >= 15 is 0 Å². The first-order chi connectivity index (χ1) is 9.69. The Labute approximate surface area is 117 Å². The summed E-state index contributed by atoms with van der Waals surface area (Å²) < 4.78 is 1.66. The summed E-state index contributed by atoms with van der Waals surface area (Å²) in [4.78, 5) is 11.7. The molecule has 0 saturated carbocycles. The zero-order valence-electron chi connectivity index (χ0n) is 11.3. The molecule has 1 heterocycles. The topological polar surface area (TPSA) is 71.8 Å². The Morgan fingerprint density at radius 3 is 2.75 bits per heavy atom. The maximum absolute atomic E-state index is 11.7. The van der Waals surface area contributed by atoms with Gasteiger partial charge in [-0.05, 0) is 24.3 Å². The SMILES string of the molecule is C=CCNC(=O)c1ccc(NCc2cn(C)nn2)cc1. The molecule has 1 aromatic carbocycles. The van der Waals surface area contributed by atoms with E-state index in [0.29, 0.717) is 18.7 Å². The average Bonchev–Trinajstić information content (AvgIpc) is 2.89. The molecule has 0 fully saturated rings. The average molecular weight is 271 g/mol. The van der Waals surface area contributed by atoms with Gasteiger partial charge in [-0.25, -0.2) is 0 Å². The van der Waals surface area contributed by atoms with Crippen LogP contribution in [0.2, 0.25) is 0 Å². The molecular weight excluding hydrogens is 254 g/mol. The van der Waals surface area contributed by atoms with Gasteiger partial charge in [0.05, 0.1) is 6.54 Å². The van der Waals surface area contributed by atoms with Crippen molar-refractivity contribution in [2.75, 3.05) is 11.9 Å². The summed E-state index contributed by atoms with van der Waals surface area (Å²) in [6, 6.07) is 7.27. The van der Waals surface area contributed by atoms with Crippen molar-refractivity contribution in [3.63, 3.8) is 0 Å². The predicted octanol–water partition coefficient (Wildman–Crippen LogP) is 1.34. The minimum atomic E-state index is -0.106. The fraction of sp³-hybridized carbons (Fsp3) is 0.214. The summed E-state index contributed by atoms with van der Waals surface area (Å²) in [5.41, 5.74) is 2.41. The minimum Gasteiger partial charge on any atom is -0.379 e. The van der Waals surface area contributed by atoms with Crippen LogP contribution < -0.4 is 10.6 Å². The summed E-state index contributed by atoms with van der Waals surface area (Å²) in [5, 5.41) is 13.8. The van der Waals surface area contributed by atoms with E-state index in [0.717, 1.165) is 11.4 Å². The fourth-order valence-corrected chi connectivity index (χ4v) is 1.68. The Hall–Kier alpha value is -2.63. The molecule has 0 aliphatic carbocycles. The smallest absolute Gasteiger partial charge is 0.251 e. The highest BCUT2D eigenvalue weighted by molar-refractivity contribution is 5.94. The number of nitrogens with one attached hydrogen (secondary N) is 2. The van der Waals surface area contributed by atoms with Gasteiger partial charge in [0.15, 0.2) is 0 Å². The third kappa shape index (κ3) is 3.68. The molecule has 0 bridgehead atoms. The number of hydrogen-bond donors (Lipinski definition) is 2. The molecule has 2 rings (SSSR count). The van der Waals surface area contributed by atoms with Gasteiger partial charge in [-0.15, -0.1) is 11.7 Å². The number of benzene rings is 1. The first kappa shape index (κ1) is 13.8. The Balaban J connectivity index is 1.91. The van der Waals surface area contributed by atoms with E-state index in [1.54, 1.807) is 22.9 Å². The molecule has 6 nitrogen and oxygen atoms in total. The molecule has 0 spiro atoms. The van der Waals surface area contributed by atoms with Crippen LogP contribution in [0.1, 0.15) is 16.1 Å². The third-order valence-electron chi connectivity index (χ3n) is 2.68. The largest absolute Gasteiger partial charge is 0.379 e. The van der Waals surface area contributed by atoms with Gasteiger partial charge in [0.25, 0.3) is 5.91 Å². The van der Waals surface area contributed by atoms with Crippen LogP contribution in [-0.4, -0.2) is 27.4 Å². The van der Waals surface area contributed by atoms with Gasteiger partial charge in [0.1, 0.15) is 5.69 Å². The van der Waals surface area contributed by atoms with Gasteiger partial charge in [-0.2, -0.15) is 0 Å². The maximum Gasteiger partial charge on any atom is 0.251 e. The number of aryl methyl sites for hydroxylation is 1. The number of carbonyl (C=O) groups is 1. The van der Waals surface area contributed by atoms with Crippen LogP contribution in [0.25, 0.3) is 0 Å². The molecule has 0 aliphatic heterocycles. The summed E-state index contributed by atoms with van der Waals surface area (Å²) >= 11 is 0. The van der Waals surface area contributed by atoms with Crippen molar-refractivity contribution in [3.05, 3.63) is 54.4 Å². The van der Waals surface area contributed by atoms with Crippen molar-refractivity contribution in [2.24, 2.45) is 7.05 Å². The lowest BCUT2D eigenvalue weighted by Crippen LogP contribution is -2.23. The number of rotatable bonds is 6. The predicted molar refractivity (Wildman–Crippen MR) is 77.3 cm³/mol. The van der Waals surface area contributed by atoms with Crippen molar-refractivity contribution < 1.29 is 4.79 Å². The van der Waals surface area contributed by atoms with Crippen molar-refractivity contribution >= 4 is 11.6 Å². The lowest BCUT2D eigenvalue weighted by atomic mass is 10.2. The molecule has 0 unspecified atom stereocenters. The van der Waals surface area contributed by atoms with E-state index < -0.39 is 0 Å². The van der Waals surface area contributed by atoms with Crippen LogP contribution in [0.15, 0.2) is 43.1 Å². The zero-order valence-corrected chi connectivity index (χ0v) is 11.3. The molecule has 6 heteroatoms. The van der Waals surface area contributed by atoms with Gasteiger partial charge in [0.2, 0.25) is 0 Å². The zero-order chi connectivity index (χ0) is 14.4. The van der Waals surface area contributed by atoms with Gasteiger partial charge < -0.3 is 10.6 Å². The molecule has 0 saturated heterocycles. The highest BCUT2D eigenvalue weighted by Crippen LogP contribution is 2.10. The van der Waals surface area contributed by atoms with Gasteiger partial charge >= 0.3 is 0 Å². The van der Waals surface area contributed by atoms with Crippen molar-refractivity contribution in [2.45, 2.75) is 6.54 Å². The van der Waals surface area contributed by atoms with Gasteiger partial charge in [-0.3, -0.25) is 9.48 Å². The van der Waals surface area contributed by atoms with Crippen LogP contribution in [-0.2, 0) is 13.6 Å². The summed E-state index contributed by atoms with van der Waals surface area (Å²) in [6.07, 6.45) is 3.50. The molecule has 0 atom stereocenters. The lowest BCUT2D eigenvalue weighted by molar-refractivity contribution is 0.0958. The van der Waals surface area contributed by atoms with Crippen LogP contribution in [0.3, 0.4) is 0 Å². The number of anilines is 1. The van der Waals surface area contributed by atoms with E-state index in [1.165, 1.54) is 0 Å². The van der Waals surface area contributed by atoms with Crippen LogP contribution >= 0.6 is 0 Å². The molecule has 1 aromatic heterocycles. The second-order valence-corrected chi connectivity index (χ2v) is 4.31. The molecule has 1 amide bonds. The van der Waals surface area contributed by atoms with Crippen LogP contribution in [0.4, 0.5) is 5.69 Å². The van der Waals surface area contributed by atoms with E-state index in [4.69, 9.17) is 0 Å². The van der Waals surface area contributed by atoms with Gasteiger partial charge in [-0.1, -0.05) is 11.3 Å². The number of amides is 1. The monoisotopic (exact) mass is 271 g/mol. The standard InChI is InChI=1S/C14H17N5O/c1-3-8-15-14(20)11-4-6-12(7-5-11)16-9-13-10-19(2)18-17-13/h3-7,10,16H,1,8-9H2,2H3,(H,15,20). The fourth-order valence-electron chi connectivity index (χ4n) is 1.68. The Kier molecular flexibility index (Phi) is 4.49. The Morgan fingerprint density at radius 1 is 1.40 bits per heavy atom. The quantitative estimate of drug-likeness (QED) is 0.778. The molecular formula is C14H17N5O. The molecule has 104 valence electrons. The van der Waals surface area contributed by atoms with E-state index in [2.05, 4.69) is 27.5 Å². The minimum absolute atomic E-state index is 0.106. The summed E-state index contributed by atoms with van der Waals surface area (Å²) in [6.45, 7) is 4.61. The number of nitrogens with zero attached hydrogens (tertiary/aromatic N) is 3. The Bertz CT molecular complexity index is 588. The van der Waals surface area contributed by atoms with Crippen molar-refractivity contribution in [3.8, 4) is 0 Å². The lowest BCUT2D eigenvalue weighted by Gasteiger charge is -2.06. The summed E-state index contributed by atoms with van der Waals surface area (Å²) in [5.74, 6) is -0.106. The Morgan fingerprint density at radius 2 is 2.15 bits per heavy atom. The first-order valence-corrected chi connectivity index (χ1v) is 6.27. The molecule has 2 N–H and O–H groups in total. The first-order valence-electron chi connectivity index (χ1n) is 6.27. The van der Waals surface area contributed by atoms with E-state index in [9.17, 15) is 4.79 Å². The maximum atomic E-state index is 11.7. The van der Waals surface area contributed by atoms with E-state index in [1.807, 2.05) is 25.4 Å².